The second-order valence-electron chi connectivity index (χ2n) is 5.26. The van der Waals surface area contributed by atoms with Crippen molar-refractivity contribution in [1.29, 1.82) is 0 Å². The van der Waals surface area contributed by atoms with Crippen LogP contribution in [0.1, 0.15) is 16.8 Å². The summed E-state index contributed by atoms with van der Waals surface area (Å²) < 4.78 is 0. The van der Waals surface area contributed by atoms with E-state index < -0.39 is 0 Å². The van der Waals surface area contributed by atoms with Crippen LogP contribution in [0.4, 0.5) is 17.3 Å². The number of halogens is 1. The number of aryl methyl sites for hydroxylation is 1. The summed E-state index contributed by atoms with van der Waals surface area (Å²) in [7, 11) is 0. The Morgan fingerprint density at radius 2 is 1.92 bits per heavy atom. The van der Waals surface area contributed by atoms with Gasteiger partial charge in [-0.25, -0.2) is 15.0 Å². The minimum atomic E-state index is 0.656. The van der Waals surface area contributed by atoms with Gasteiger partial charge in [0.15, 0.2) is 11.0 Å². The average molecular weight is 357 g/mol. The van der Waals surface area contributed by atoms with Gasteiger partial charge in [0.2, 0.25) is 0 Å². The lowest BCUT2D eigenvalue weighted by atomic mass is 10.0. The summed E-state index contributed by atoms with van der Waals surface area (Å²) in [5.74, 6) is 1.34. The summed E-state index contributed by atoms with van der Waals surface area (Å²) in [6, 6.07) is 7.57. The Labute approximate surface area is 147 Å². The van der Waals surface area contributed by atoms with Gasteiger partial charge in [-0.1, -0.05) is 35.5 Å². The number of nitrogens with one attached hydrogen (secondary N) is 2. The highest BCUT2D eigenvalue weighted by atomic mass is 35.5. The second-order valence-corrected chi connectivity index (χ2v) is 6.47. The highest BCUT2D eigenvalue weighted by Crippen LogP contribution is 2.35. The normalized spacial score (nSPS) is 12.7. The molecule has 24 heavy (non-hydrogen) atoms. The molecule has 0 saturated carbocycles. The van der Waals surface area contributed by atoms with Crippen LogP contribution in [-0.2, 0) is 0 Å². The Bertz CT molecular complexity index is 948. The molecule has 6 nitrogen and oxygen atoms in total. The fraction of sp³-hybridized carbons (Fsp3) is 0.125. The zero-order valence-electron chi connectivity index (χ0n) is 13.0. The minimum absolute atomic E-state index is 0.656. The monoisotopic (exact) mass is 356 g/mol. The first-order valence-electron chi connectivity index (χ1n) is 7.23. The zero-order valence-corrected chi connectivity index (χ0v) is 14.5. The third-order valence-corrected chi connectivity index (χ3v) is 4.51. The number of rotatable bonds is 2. The molecule has 1 aromatic carbocycles. The zero-order chi connectivity index (χ0) is 16.7. The number of nitrogens with zero attached hydrogens (tertiary/aromatic N) is 4. The van der Waals surface area contributed by atoms with Crippen LogP contribution in [0, 0.1) is 6.92 Å². The van der Waals surface area contributed by atoms with E-state index in [1.54, 1.807) is 6.20 Å². The highest BCUT2D eigenvalue weighted by Gasteiger charge is 2.22. The molecule has 0 bridgehead atoms. The standard InChI is InChI=1S/C16H13ClN6S/c1-8-12-15(23-22-8)20-14-11(7-18-16(21-14)24-2)13(19-12)9-3-5-10(17)6-4-9/h3-7H,1-2H3,(H2,18,20,21,22,23). The van der Waals surface area contributed by atoms with E-state index in [9.17, 15) is 0 Å². The van der Waals surface area contributed by atoms with Gasteiger partial charge in [0.25, 0.3) is 0 Å². The molecule has 120 valence electrons. The minimum Gasteiger partial charge on any atom is -0.321 e. The predicted molar refractivity (Wildman–Crippen MR) is 97.2 cm³/mol. The number of aromatic nitrogens is 4. The summed E-state index contributed by atoms with van der Waals surface area (Å²) in [5.41, 5.74) is 4.20. The van der Waals surface area contributed by atoms with Crippen LogP contribution >= 0.6 is 23.4 Å². The molecule has 2 N–H and O–H groups in total. The number of aromatic amines is 1. The Morgan fingerprint density at radius 1 is 1.12 bits per heavy atom. The van der Waals surface area contributed by atoms with Crippen molar-refractivity contribution >= 4 is 46.4 Å². The van der Waals surface area contributed by atoms with Crippen LogP contribution in [0.5, 0.6) is 0 Å². The fourth-order valence-electron chi connectivity index (χ4n) is 2.49. The van der Waals surface area contributed by atoms with Crippen LogP contribution in [0.25, 0.3) is 0 Å². The number of hydrogen-bond acceptors (Lipinski definition) is 6. The van der Waals surface area contributed by atoms with Crippen molar-refractivity contribution < 1.29 is 0 Å². The van der Waals surface area contributed by atoms with Crippen molar-refractivity contribution in [3.05, 3.63) is 52.3 Å². The first-order valence-corrected chi connectivity index (χ1v) is 8.84. The molecule has 1 aliphatic rings. The van der Waals surface area contributed by atoms with E-state index in [1.807, 2.05) is 37.4 Å². The molecule has 3 aromatic rings. The van der Waals surface area contributed by atoms with Crippen LogP contribution in [0.2, 0.25) is 5.02 Å². The number of aliphatic imine (C=N–C) groups is 1. The number of hydrogen-bond donors (Lipinski definition) is 2. The van der Waals surface area contributed by atoms with E-state index in [2.05, 4.69) is 25.5 Å². The van der Waals surface area contributed by atoms with Crippen molar-refractivity contribution in [2.45, 2.75) is 12.1 Å². The molecule has 0 spiro atoms. The van der Waals surface area contributed by atoms with Crippen molar-refractivity contribution in [2.24, 2.45) is 4.99 Å². The molecule has 0 unspecified atom stereocenters. The Hall–Kier alpha value is -2.38. The average Bonchev–Trinajstić information content (AvgIpc) is 2.85. The molecule has 0 amide bonds. The number of thioether (sulfide) groups is 1. The SMILES string of the molecule is CSc1ncc2c(n1)Nc1n[nH]c(C)c1N=C2c1ccc(Cl)cc1. The van der Waals surface area contributed by atoms with Crippen LogP contribution in [0.3, 0.4) is 0 Å². The molecule has 0 radical (unpaired) electrons. The Balaban J connectivity index is 1.97. The van der Waals surface area contributed by atoms with Crippen molar-refractivity contribution in [3.63, 3.8) is 0 Å². The molecule has 1 aliphatic heterocycles. The van der Waals surface area contributed by atoms with E-state index in [0.29, 0.717) is 21.8 Å². The lowest BCUT2D eigenvalue weighted by Crippen LogP contribution is -2.08. The maximum atomic E-state index is 6.02. The Kier molecular flexibility index (Phi) is 3.74. The molecule has 0 saturated heterocycles. The molecule has 0 aliphatic carbocycles. The molecule has 3 heterocycles. The maximum absolute atomic E-state index is 6.02. The van der Waals surface area contributed by atoms with Gasteiger partial charge < -0.3 is 5.32 Å². The number of anilines is 2. The van der Waals surface area contributed by atoms with Gasteiger partial charge >= 0.3 is 0 Å². The molecule has 0 fully saturated rings. The summed E-state index contributed by atoms with van der Waals surface area (Å²) in [4.78, 5) is 13.8. The van der Waals surface area contributed by atoms with E-state index in [-0.39, 0.29) is 0 Å². The van der Waals surface area contributed by atoms with Gasteiger partial charge in [-0.15, -0.1) is 0 Å². The lowest BCUT2D eigenvalue weighted by molar-refractivity contribution is 0.967. The van der Waals surface area contributed by atoms with Crippen LogP contribution in [-0.4, -0.2) is 32.1 Å². The molecule has 0 atom stereocenters. The summed E-state index contributed by atoms with van der Waals surface area (Å²) in [5, 5.41) is 11.9. The highest BCUT2D eigenvalue weighted by molar-refractivity contribution is 7.98. The van der Waals surface area contributed by atoms with E-state index in [4.69, 9.17) is 16.6 Å². The van der Waals surface area contributed by atoms with Crippen molar-refractivity contribution in [2.75, 3.05) is 11.6 Å². The van der Waals surface area contributed by atoms with Gasteiger partial charge in [0, 0.05) is 16.8 Å². The lowest BCUT2D eigenvalue weighted by Gasteiger charge is -2.10. The van der Waals surface area contributed by atoms with E-state index in [0.717, 1.165) is 28.2 Å². The van der Waals surface area contributed by atoms with Gasteiger partial charge in [0.1, 0.15) is 11.5 Å². The molecule has 8 heteroatoms. The smallest absolute Gasteiger partial charge is 0.189 e. The van der Waals surface area contributed by atoms with Gasteiger partial charge in [-0.2, -0.15) is 5.10 Å². The first-order chi connectivity index (χ1) is 11.7. The molecular weight excluding hydrogens is 344 g/mol. The number of H-pyrrole nitrogens is 1. The molecular formula is C16H13ClN6S. The predicted octanol–water partition coefficient (Wildman–Crippen LogP) is 4.11. The van der Waals surface area contributed by atoms with Gasteiger partial charge in [0.05, 0.1) is 17.0 Å². The van der Waals surface area contributed by atoms with E-state index >= 15 is 0 Å². The number of benzene rings is 1. The van der Waals surface area contributed by atoms with Gasteiger partial charge in [-0.05, 0) is 25.3 Å². The third kappa shape index (κ3) is 2.55. The second kappa shape index (κ2) is 5.92. The first kappa shape index (κ1) is 15.2. The molecule has 2 aromatic heterocycles. The maximum Gasteiger partial charge on any atom is 0.189 e. The largest absolute Gasteiger partial charge is 0.321 e. The van der Waals surface area contributed by atoms with Crippen molar-refractivity contribution in [1.82, 2.24) is 20.2 Å². The van der Waals surface area contributed by atoms with Crippen molar-refractivity contribution in [3.8, 4) is 0 Å². The summed E-state index contributed by atoms with van der Waals surface area (Å²) in [6.07, 6.45) is 3.73. The topological polar surface area (TPSA) is 78.9 Å². The van der Waals surface area contributed by atoms with Gasteiger partial charge in [-0.3, -0.25) is 5.10 Å². The quantitative estimate of drug-likeness (QED) is 0.417. The fourth-order valence-corrected chi connectivity index (χ4v) is 2.96. The van der Waals surface area contributed by atoms with E-state index in [1.165, 1.54) is 11.8 Å². The number of fused-ring (bicyclic) bond motifs is 2. The molecule has 4 rings (SSSR count). The van der Waals surface area contributed by atoms with Crippen LogP contribution in [0.15, 0.2) is 40.6 Å². The summed E-state index contributed by atoms with van der Waals surface area (Å²) in [6.45, 7) is 1.94. The Morgan fingerprint density at radius 3 is 2.67 bits per heavy atom. The van der Waals surface area contributed by atoms with Crippen LogP contribution < -0.4 is 5.32 Å². The third-order valence-electron chi connectivity index (χ3n) is 3.70. The summed E-state index contributed by atoms with van der Waals surface area (Å²) >= 11 is 7.50.